The number of halogens is 2. The van der Waals surface area contributed by atoms with Crippen LogP contribution in [0.25, 0.3) is 21.7 Å². The van der Waals surface area contributed by atoms with Gasteiger partial charge < -0.3 is 30.0 Å². The van der Waals surface area contributed by atoms with Crippen molar-refractivity contribution in [3.63, 3.8) is 0 Å². The third-order valence-electron chi connectivity index (χ3n) is 5.99. The highest BCUT2D eigenvalue weighted by molar-refractivity contribution is 5.93. The molecule has 0 fully saturated rings. The Morgan fingerprint density at radius 1 is 0.947 bits per heavy atom. The molecule has 0 aliphatic heterocycles. The molecule has 0 saturated heterocycles. The molecule has 4 rings (SSSR count). The van der Waals surface area contributed by atoms with Gasteiger partial charge >= 0.3 is 0 Å². The van der Waals surface area contributed by atoms with Gasteiger partial charge in [-0.3, -0.25) is 4.79 Å². The SMILES string of the molecule is CCNc1nc2ccc(OC)cc2cc1Cc1c(O)nc(CNC(C)=O)c2cc(OC)c(OC)cc12.Cl.Cl. The Bertz CT molecular complexity index is 1450. The Labute approximate surface area is 233 Å². The van der Waals surface area contributed by atoms with Gasteiger partial charge in [0.1, 0.15) is 11.6 Å². The number of nitrogens with zero attached hydrogens (tertiary/aromatic N) is 2. The van der Waals surface area contributed by atoms with E-state index in [1.807, 2.05) is 43.3 Å². The predicted molar refractivity (Wildman–Crippen MR) is 154 cm³/mol. The molecule has 2 aromatic heterocycles. The van der Waals surface area contributed by atoms with E-state index in [9.17, 15) is 9.90 Å². The highest BCUT2D eigenvalue weighted by atomic mass is 35.5. The highest BCUT2D eigenvalue weighted by Gasteiger charge is 2.20. The van der Waals surface area contributed by atoms with Crippen molar-refractivity contribution in [2.45, 2.75) is 26.8 Å². The Kier molecular flexibility index (Phi) is 10.6. The maximum absolute atomic E-state index is 11.6. The van der Waals surface area contributed by atoms with Gasteiger partial charge in [0, 0.05) is 36.2 Å². The molecule has 0 aliphatic carbocycles. The van der Waals surface area contributed by atoms with Crippen LogP contribution in [-0.2, 0) is 17.8 Å². The van der Waals surface area contributed by atoms with E-state index in [1.54, 1.807) is 21.3 Å². The molecule has 0 aliphatic rings. The monoisotopic (exact) mass is 562 g/mol. The lowest BCUT2D eigenvalue weighted by Crippen LogP contribution is -2.20. The van der Waals surface area contributed by atoms with Crippen molar-refractivity contribution in [3.8, 4) is 23.1 Å². The van der Waals surface area contributed by atoms with Crippen molar-refractivity contribution in [1.29, 1.82) is 0 Å². The van der Waals surface area contributed by atoms with E-state index in [1.165, 1.54) is 6.92 Å². The quantitative estimate of drug-likeness (QED) is 0.260. The number of aromatic hydroxyl groups is 1. The van der Waals surface area contributed by atoms with Crippen LogP contribution >= 0.6 is 24.8 Å². The maximum Gasteiger partial charge on any atom is 0.217 e. The van der Waals surface area contributed by atoms with Gasteiger partial charge in [0.05, 0.1) is 39.1 Å². The summed E-state index contributed by atoms with van der Waals surface area (Å²) in [6.45, 7) is 4.29. The summed E-state index contributed by atoms with van der Waals surface area (Å²) >= 11 is 0. The molecule has 4 aromatic rings. The van der Waals surface area contributed by atoms with E-state index < -0.39 is 0 Å². The largest absolute Gasteiger partial charge is 0.497 e. The second-order valence-electron chi connectivity index (χ2n) is 8.29. The molecule has 0 unspecified atom stereocenters. The smallest absolute Gasteiger partial charge is 0.217 e. The molecular formula is C27H32Cl2N4O5. The number of pyridine rings is 2. The first-order valence-electron chi connectivity index (χ1n) is 11.6. The minimum Gasteiger partial charge on any atom is -0.497 e. The minimum atomic E-state index is -0.193. The molecule has 9 nitrogen and oxygen atoms in total. The number of ether oxygens (including phenoxy) is 3. The van der Waals surface area contributed by atoms with Crippen LogP contribution in [0.15, 0.2) is 36.4 Å². The van der Waals surface area contributed by atoms with E-state index >= 15 is 0 Å². The number of carbonyl (C=O) groups excluding carboxylic acids is 1. The fourth-order valence-corrected chi connectivity index (χ4v) is 4.23. The van der Waals surface area contributed by atoms with Gasteiger partial charge in [-0.25, -0.2) is 9.97 Å². The average Bonchev–Trinajstić information content (AvgIpc) is 2.88. The molecule has 0 bridgehead atoms. The van der Waals surface area contributed by atoms with Gasteiger partial charge in [-0.05, 0) is 54.3 Å². The van der Waals surface area contributed by atoms with E-state index in [4.69, 9.17) is 19.2 Å². The van der Waals surface area contributed by atoms with Gasteiger partial charge in [-0.15, -0.1) is 24.8 Å². The molecule has 1 amide bonds. The van der Waals surface area contributed by atoms with Crippen molar-refractivity contribution in [1.82, 2.24) is 15.3 Å². The predicted octanol–water partition coefficient (Wildman–Crippen LogP) is 5.02. The van der Waals surface area contributed by atoms with Crippen molar-refractivity contribution >= 4 is 58.2 Å². The summed E-state index contributed by atoms with van der Waals surface area (Å²) in [4.78, 5) is 20.8. The molecule has 38 heavy (non-hydrogen) atoms. The molecule has 3 N–H and O–H groups in total. The van der Waals surface area contributed by atoms with Gasteiger partial charge in [0.2, 0.25) is 11.8 Å². The summed E-state index contributed by atoms with van der Waals surface area (Å²) in [5, 5.41) is 19.6. The lowest BCUT2D eigenvalue weighted by atomic mass is 9.97. The number of hydrogen-bond donors (Lipinski definition) is 3. The topological polar surface area (TPSA) is 115 Å². The maximum atomic E-state index is 11.6. The van der Waals surface area contributed by atoms with Crippen LogP contribution in [0.1, 0.15) is 30.7 Å². The van der Waals surface area contributed by atoms with Crippen molar-refractivity contribution in [3.05, 3.63) is 53.2 Å². The molecule has 0 radical (unpaired) electrons. The van der Waals surface area contributed by atoms with Crippen LogP contribution in [0.5, 0.6) is 23.1 Å². The number of aromatic nitrogens is 2. The van der Waals surface area contributed by atoms with Gasteiger partial charge in [-0.2, -0.15) is 0 Å². The second-order valence-corrected chi connectivity index (χ2v) is 8.29. The first kappa shape index (κ1) is 30.5. The van der Waals surface area contributed by atoms with Crippen LogP contribution in [0.4, 0.5) is 5.82 Å². The number of rotatable bonds is 9. The molecule has 204 valence electrons. The van der Waals surface area contributed by atoms with E-state index in [0.29, 0.717) is 35.7 Å². The Balaban J connectivity index is 0.00000253. The van der Waals surface area contributed by atoms with Gasteiger partial charge in [-0.1, -0.05) is 0 Å². The number of benzene rings is 2. The minimum absolute atomic E-state index is 0. The van der Waals surface area contributed by atoms with Crippen molar-refractivity contribution in [2.24, 2.45) is 0 Å². The third kappa shape index (κ3) is 6.23. The van der Waals surface area contributed by atoms with Crippen LogP contribution in [0, 0.1) is 0 Å². The summed E-state index contributed by atoms with van der Waals surface area (Å²) in [5.74, 6) is 2.20. The number of nitrogens with one attached hydrogen (secondary N) is 2. The normalized spacial score (nSPS) is 10.3. The molecule has 2 heterocycles. The fraction of sp³-hybridized carbons (Fsp3) is 0.296. The second kappa shape index (κ2) is 13.2. The number of hydrogen-bond acceptors (Lipinski definition) is 8. The lowest BCUT2D eigenvalue weighted by molar-refractivity contribution is -0.119. The summed E-state index contributed by atoms with van der Waals surface area (Å²) in [5.41, 5.74) is 2.86. The molecule has 2 aromatic carbocycles. The number of methoxy groups -OCH3 is 3. The van der Waals surface area contributed by atoms with Crippen LogP contribution in [-0.4, -0.2) is 48.9 Å². The van der Waals surface area contributed by atoms with Crippen LogP contribution < -0.4 is 24.8 Å². The molecule has 0 saturated carbocycles. The zero-order chi connectivity index (χ0) is 25.8. The lowest BCUT2D eigenvalue weighted by Gasteiger charge is -2.17. The first-order chi connectivity index (χ1) is 17.4. The van der Waals surface area contributed by atoms with Crippen LogP contribution in [0.3, 0.4) is 0 Å². The first-order valence-corrected chi connectivity index (χ1v) is 11.6. The number of anilines is 1. The van der Waals surface area contributed by atoms with E-state index in [0.717, 1.165) is 38.8 Å². The highest BCUT2D eigenvalue weighted by Crippen LogP contribution is 2.39. The van der Waals surface area contributed by atoms with E-state index in [-0.39, 0.29) is 43.1 Å². The molecule has 0 spiro atoms. The number of fused-ring (bicyclic) bond motifs is 2. The number of carbonyl (C=O) groups is 1. The Morgan fingerprint density at radius 2 is 1.63 bits per heavy atom. The van der Waals surface area contributed by atoms with Crippen LogP contribution in [0.2, 0.25) is 0 Å². The molecule has 11 heteroatoms. The van der Waals surface area contributed by atoms with Gasteiger partial charge in [0.25, 0.3) is 0 Å². The fourth-order valence-electron chi connectivity index (χ4n) is 4.23. The third-order valence-corrected chi connectivity index (χ3v) is 5.99. The summed E-state index contributed by atoms with van der Waals surface area (Å²) in [7, 11) is 4.75. The average molecular weight is 563 g/mol. The zero-order valence-corrected chi connectivity index (χ0v) is 23.5. The number of amides is 1. The Morgan fingerprint density at radius 3 is 2.24 bits per heavy atom. The molecular weight excluding hydrogens is 531 g/mol. The standard InChI is InChI=1S/C27H30N4O5.2ClH/c1-6-28-26-17(9-16-10-18(34-3)7-8-22(16)30-26)11-21-19-12-24(35-4)25(36-5)13-20(19)23(31-27(21)33)14-29-15(2)32;;/h7-10,12-13H,6,11,14H2,1-5H3,(H,28,30)(H,29,32)(H,31,33);2*1H. The summed E-state index contributed by atoms with van der Waals surface area (Å²) < 4.78 is 16.4. The van der Waals surface area contributed by atoms with E-state index in [2.05, 4.69) is 15.6 Å². The van der Waals surface area contributed by atoms with Gasteiger partial charge in [0.15, 0.2) is 11.5 Å². The Hall–Kier alpha value is -3.69. The molecule has 0 atom stereocenters. The summed E-state index contributed by atoms with van der Waals surface area (Å²) in [6.07, 6.45) is 0.355. The van der Waals surface area contributed by atoms with Crippen molar-refractivity contribution in [2.75, 3.05) is 33.2 Å². The van der Waals surface area contributed by atoms with Crippen molar-refractivity contribution < 1.29 is 24.1 Å². The zero-order valence-electron chi connectivity index (χ0n) is 21.9. The summed E-state index contributed by atoms with van der Waals surface area (Å²) in [6, 6.07) is 11.4.